The normalized spacial score (nSPS) is 17.5. The molecule has 1 unspecified atom stereocenters. The molecule has 0 aliphatic carbocycles. The molecule has 7 nitrogen and oxygen atoms in total. The van der Waals surface area contributed by atoms with Gasteiger partial charge in [0.25, 0.3) is 5.91 Å². The van der Waals surface area contributed by atoms with Crippen molar-refractivity contribution in [2.24, 2.45) is 0 Å². The fourth-order valence-corrected chi connectivity index (χ4v) is 5.18. The van der Waals surface area contributed by atoms with E-state index in [1.165, 1.54) is 37.1 Å². The number of carbonyl (C=O) groups excluding carboxylic acids is 2. The highest BCUT2D eigenvalue weighted by atomic mass is 35.5. The van der Waals surface area contributed by atoms with Gasteiger partial charge in [-0.2, -0.15) is 13.2 Å². The van der Waals surface area contributed by atoms with Gasteiger partial charge in [0.15, 0.2) is 0 Å². The third-order valence-corrected chi connectivity index (χ3v) is 7.41. The maximum absolute atomic E-state index is 13.2. The first kappa shape index (κ1) is 31.8. The Kier molecular flexibility index (Phi) is 10.3. The summed E-state index contributed by atoms with van der Waals surface area (Å²) in [6.07, 6.45) is 5.20. The highest BCUT2D eigenvalue weighted by Gasteiger charge is 2.30. The number of aliphatic hydroxyl groups is 1. The van der Waals surface area contributed by atoms with E-state index in [9.17, 15) is 27.9 Å². The second-order valence-electron chi connectivity index (χ2n) is 10.4. The summed E-state index contributed by atoms with van der Waals surface area (Å²) in [7, 11) is 0. The number of nitrogens with one attached hydrogen (secondary N) is 2. The molecule has 2 aromatic carbocycles. The molecular weight excluding hydrogens is 581 g/mol. The molecule has 2 amide bonds. The highest BCUT2D eigenvalue weighted by molar-refractivity contribution is 6.03. The summed E-state index contributed by atoms with van der Waals surface area (Å²) in [5.41, 5.74) is 2.69. The number of carbonyl (C=O) groups is 2. The lowest BCUT2D eigenvalue weighted by atomic mass is 9.97. The van der Waals surface area contributed by atoms with Crippen molar-refractivity contribution in [2.75, 3.05) is 28.6 Å². The maximum atomic E-state index is 13.2. The predicted molar refractivity (Wildman–Crippen MR) is 163 cm³/mol. The number of benzene rings is 2. The molecule has 43 heavy (non-hydrogen) atoms. The van der Waals surface area contributed by atoms with Gasteiger partial charge in [-0.3, -0.25) is 9.59 Å². The fourth-order valence-electron chi connectivity index (χ4n) is 5.18. The average Bonchev–Trinajstić information content (AvgIpc) is 3.26. The number of anilines is 3. The molecule has 0 saturated carbocycles. The van der Waals surface area contributed by atoms with Gasteiger partial charge in [-0.15, -0.1) is 12.4 Å². The number of allylic oxidation sites excluding steroid dienone is 2. The van der Waals surface area contributed by atoms with E-state index in [1.54, 1.807) is 30.5 Å². The monoisotopic (exact) mass is 612 g/mol. The molecule has 226 valence electrons. The van der Waals surface area contributed by atoms with Gasteiger partial charge in [0.05, 0.1) is 5.56 Å². The molecule has 5 rings (SSSR count). The van der Waals surface area contributed by atoms with Crippen molar-refractivity contribution in [1.29, 1.82) is 0 Å². The number of pyridine rings is 1. The van der Waals surface area contributed by atoms with Crippen molar-refractivity contribution >= 4 is 47.0 Å². The van der Waals surface area contributed by atoms with Gasteiger partial charge in [-0.1, -0.05) is 43.2 Å². The number of hydrogen-bond donors (Lipinski definition) is 3. The predicted octanol–water partition coefficient (Wildman–Crippen LogP) is 6.38. The number of aliphatic hydroxyl groups excluding tert-OH is 1. The van der Waals surface area contributed by atoms with Gasteiger partial charge in [0.1, 0.15) is 11.9 Å². The molecule has 1 fully saturated rings. The van der Waals surface area contributed by atoms with E-state index in [-0.39, 0.29) is 18.8 Å². The lowest BCUT2D eigenvalue weighted by Crippen LogP contribution is -2.34. The van der Waals surface area contributed by atoms with Crippen LogP contribution in [0.2, 0.25) is 0 Å². The molecule has 3 aromatic rings. The van der Waals surface area contributed by atoms with Crippen LogP contribution < -0.4 is 15.5 Å². The zero-order chi connectivity index (χ0) is 29.7. The fraction of sp³-hybridized carbons (Fsp3) is 0.281. The molecule has 0 spiro atoms. The molecule has 2 aliphatic rings. The lowest BCUT2D eigenvalue weighted by molar-refractivity contribution is -0.137. The van der Waals surface area contributed by atoms with E-state index in [0.29, 0.717) is 33.6 Å². The van der Waals surface area contributed by atoms with Crippen LogP contribution in [-0.2, 0) is 22.2 Å². The minimum atomic E-state index is -4.45. The first-order chi connectivity index (χ1) is 20.2. The van der Waals surface area contributed by atoms with Crippen LogP contribution in [0.1, 0.15) is 47.9 Å². The molecule has 0 bridgehead atoms. The summed E-state index contributed by atoms with van der Waals surface area (Å²) in [6.45, 7) is 1.86. The molecule has 3 N–H and O–H groups in total. The van der Waals surface area contributed by atoms with Gasteiger partial charge >= 0.3 is 6.18 Å². The van der Waals surface area contributed by atoms with Gasteiger partial charge in [0.2, 0.25) is 5.91 Å². The number of nitrogens with zero attached hydrogens (tertiary/aromatic N) is 2. The number of rotatable bonds is 6. The Morgan fingerprint density at radius 3 is 2.35 bits per heavy atom. The Bertz CT molecular complexity index is 1500. The summed E-state index contributed by atoms with van der Waals surface area (Å²) in [4.78, 5) is 31.5. The number of alkyl halides is 3. The van der Waals surface area contributed by atoms with Crippen LogP contribution in [0.15, 0.2) is 79.0 Å². The Hall–Kier alpha value is -4.15. The van der Waals surface area contributed by atoms with Crippen molar-refractivity contribution in [1.82, 2.24) is 4.98 Å². The van der Waals surface area contributed by atoms with E-state index >= 15 is 0 Å². The van der Waals surface area contributed by atoms with E-state index < -0.39 is 29.7 Å². The van der Waals surface area contributed by atoms with E-state index in [2.05, 4.69) is 20.5 Å². The summed E-state index contributed by atoms with van der Waals surface area (Å²) in [5, 5.41) is 15.3. The molecule has 1 atom stereocenters. The van der Waals surface area contributed by atoms with Gasteiger partial charge in [-0.25, -0.2) is 4.98 Å². The third-order valence-electron chi connectivity index (χ3n) is 7.41. The standard InChI is InChI=1S/C32H31F3N4O3.ClH/c33-32(34,35)23-14-11-21(12-15-23)24(22-13-16-29(36-20-22)39-17-3-1-2-4-18-39)7-5-10-30(41)37-26-8-6-9-27-25(26)19-28(40)31(42)38-27;/h5-16,20,28,40H,1-4,17-19H2,(H,37,41)(H,38,42);1H/b10-5+,24-7+;. The van der Waals surface area contributed by atoms with Crippen molar-refractivity contribution in [2.45, 2.75) is 44.4 Å². The SMILES string of the molecule is Cl.O=C(/C=C/C=C(\c1ccc(C(F)(F)F)cc1)c1ccc(N2CCCCCC2)nc1)Nc1cccc2c1CC(O)C(=O)N2. The number of amides is 2. The third kappa shape index (κ3) is 7.82. The Morgan fingerprint density at radius 1 is 1.00 bits per heavy atom. The number of aromatic nitrogens is 1. The van der Waals surface area contributed by atoms with Crippen molar-refractivity contribution < 1.29 is 27.9 Å². The van der Waals surface area contributed by atoms with Crippen LogP contribution in [0, 0.1) is 0 Å². The smallest absolute Gasteiger partial charge is 0.383 e. The Morgan fingerprint density at radius 2 is 1.70 bits per heavy atom. The summed E-state index contributed by atoms with van der Waals surface area (Å²) in [5.74, 6) is -0.0944. The Labute approximate surface area is 253 Å². The van der Waals surface area contributed by atoms with E-state index in [0.717, 1.165) is 43.9 Å². The first-order valence-electron chi connectivity index (χ1n) is 13.9. The first-order valence-corrected chi connectivity index (χ1v) is 13.9. The van der Waals surface area contributed by atoms with Gasteiger partial charge in [-0.05, 0) is 60.4 Å². The minimum absolute atomic E-state index is 0. The lowest BCUT2D eigenvalue weighted by Gasteiger charge is -2.23. The number of hydrogen-bond acceptors (Lipinski definition) is 5. The number of halogens is 4. The quantitative estimate of drug-likeness (QED) is 0.222. The molecule has 2 aliphatic heterocycles. The summed E-state index contributed by atoms with van der Waals surface area (Å²) >= 11 is 0. The van der Waals surface area contributed by atoms with Crippen LogP contribution in [0.3, 0.4) is 0 Å². The van der Waals surface area contributed by atoms with Crippen molar-refractivity contribution in [3.63, 3.8) is 0 Å². The van der Waals surface area contributed by atoms with Gasteiger partial charge < -0.3 is 20.6 Å². The van der Waals surface area contributed by atoms with Crippen LogP contribution in [0.5, 0.6) is 0 Å². The maximum Gasteiger partial charge on any atom is 0.416 e. The highest BCUT2D eigenvalue weighted by Crippen LogP contribution is 2.32. The van der Waals surface area contributed by atoms with Crippen LogP contribution >= 0.6 is 12.4 Å². The summed E-state index contributed by atoms with van der Waals surface area (Å²) < 4.78 is 39.6. The second kappa shape index (κ2) is 13.9. The molecule has 11 heteroatoms. The van der Waals surface area contributed by atoms with Gasteiger partial charge in [0, 0.05) is 54.3 Å². The minimum Gasteiger partial charge on any atom is -0.383 e. The Balaban J connectivity index is 0.00000423. The summed E-state index contributed by atoms with van der Waals surface area (Å²) in [6, 6.07) is 13.7. The van der Waals surface area contributed by atoms with E-state index in [4.69, 9.17) is 0 Å². The van der Waals surface area contributed by atoms with Crippen LogP contribution in [0.25, 0.3) is 5.57 Å². The van der Waals surface area contributed by atoms with Crippen molar-refractivity contribution in [3.8, 4) is 0 Å². The molecule has 3 heterocycles. The largest absolute Gasteiger partial charge is 0.416 e. The molecule has 0 radical (unpaired) electrons. The van der Waals surface area contributed by atoms with Crippen LogP contribution in [0.4, 0.5) is 30.4 Å². The van der Waals surface area contributed by atoms with Crippen LogP contribution in [-0.4, -0.2) is 41.1 Å². The molecule has 1 saturated heterocycles. The topological polar surface area (TPSA) is 94.6 Å². The zero-order valence-corrected chi connectivity index (χ0v) is 24.0. The molecule has 1 aromatic heterocycles. The average molecular weight is 613 g/mol. The number of fused-ring (bicyclic) bond motifs is 1. The second-order valence-corrected chi connectivity index (χ2v) is 10.4. The molecular formula is C32H32ClF3N4O3. The zero-order valence-electron chi connectivity index (χ0n) is 23.2. The van der Waals surface area contributed by atoms with Crippen molar-refractivity contribution in [3.05, 3.63) is 101 Å². The van der Waals surface area contributed by atoms with E-state index in [1.807, 2.05) is 12.1 Å².